The Bertz CT molecular complexity index is 1000. The number of hydrogen-bond acceptors (Lipinski definition) is 4. The molecule has 1 aromatic heterocycles. The number of benzene rings is 1. The topological polar surface area (TPSA) is 56.8 Å². The lowest BCUT2D eigenvalue weighted by molar-refractivity contribution is -0.138. The zero-order chi connectivity index (χ0) is 23.6. The van der Waals surface area contributed by atoms with Crippen molar-refractivity contribution in [2.75, 3.05) is 44.2 Å². The van der Waals surface area contributed by atoms with Gasteiger partial charge in [-0.3, -0.25) is 9.59 Å². The van der Waals surface area contributed by atoms with Crippen molar-refractivity contribution in [1.29, 1.82) is 0 Å². The minimum absolute atomic E-state index is 0.0865. The summed E-state index contributed by atoms with van der Waals surface area (Å²) in [5.74, 6) is 0.340. The number of amides is 2. The molecule has 3 heterocycles. The van der Waals surface area contributed by atoms with Crippen LogP contribution in [0.5, 0.6) is 0 Å². The number of hydrogen-bond donors (Lipinski definition) is 0. The van der Waals surface area contributed by atoms with Crippen molar-refractivity contribution in [3.8, 4) is 0 Å². The highest BCUT2D eigenvalue weighted by Crippen LogP contribution is 2.30. The van der Waals surface area contributed by atoms with Crippen LogP contribution in [-0.4, -0.2) is 65.9 Å². The molecule has 0 aliphatic carbocycles. The van der Waals surface area contributed by atoms with E-state index in [1.807, 2.05) is 4.90 Å². The highest BCUT2D eigenvalue weighted by molar-refractivity contribution is 6.32. The van der Waals surface area contributed by atoms with Gasteiger partial charge in [0.25, 0.3) is 5.91 Å². The number of piperidine rings is 1. The van der Waals surface area contributed by atoms with Crippen LogP contribution in [0.25, 0.3) is 0 Å². The maximum Gasteiger partial charge on any atom is 0.416 e. The van der Waals surface area contributed by atoms with E-state index in [1.54, 1.807) is 23.2 Å². The molecule has 0 radical (unpaired) electrons. The molecule has 2 saturated heterocycles. The van der Waals surface area contributed by atoms with Crippen LogP contribution in [0.2, 0.25) is 5.02 Å². The van der Waals surface area contributed by atoms with Crippen molar-refractivity contribution in [1.82, 2.24) is 14.8 Å². The van der Waals surface area contributed by atoms with Gasteiger partial charge in [0.05, 0.1) is 10.6 Å². The second-order valence-corrected chi connectivity index (χ2v) is 8.67. The first kappa shape index (κ1) is 23.4. The quantitative estimate of drug-likeness (QED) is 0.667. The van der Waals surface area contributed by atoms with E-state index in [9.17, 15) is 22.8 Å². The Labute approximate surface area is 194 Å². The molecule has 0 bridgehead atoms. The predicted molar refractivity (Wildman–Crippen MR) is 118 cm³/mol. The Morgan fingerprint density at radius 1 is 0.909 bits per heavy atom. The van der Waals surface area contributed by atoms with Crippen molar-refractivity contribution in [2.45, 2.75) is 19.0 Å². The lowest BCUT2D eigenvalue weighted by Gasteiger charge is -2.39. The van der Waals surface area contributed by atoms with E-state index >= 15 is 0 Å². The molecule has 2 aromatic rings. The van der Waals surface area contributed by atoms with Crippen molar-refractivity contribution < 1.29 is 22.8 Å². The molecule has 2 aliphatic rings. The van der Waals surface area contributed by atoms with Crippen LogP contribution < -0.4 is 4.90 Å². The number of halogens is 4. The normalized spacial score (nSPS) is 17.9. The molecule has 33 heavy (non-hydrogen) atoms. The van der Waals surface area contributed by atoms with E-state index in [0.717, 1.165) is 18.0 Å². The highest BCUT2D eigenvalue weighted by atomic mass is 35.5. The molecule has 10 heteroatoms. The second-order valence-electron chi connectivity index (χ2n) is 8.26. The number of aromatic nitrogens is 1. The van der Waals surface area contributed by atoms with E-state index < -0.39 is 11.7 Å². The van der Waals surface area contributed by atoms with Gasteiger partial charge in [-0.25, -0.2) is 4.98 Å². The smallest absolute Gasteiger partial charge is 0.352 e. The number of pyridine rings is 1. The van der Waals surface area contributed by atoms with Gasteiger partial charge in [0.15, 0.2) is 0 Å². The van der Waals surface area contributed by atoms with Crippen molar-refractivity contribution >= 4 is 29.2 Å². The molecule has 176 valence electrons. The number of alkyl halides is 3. The van der Waals surface area contributed by atoms with Gasteiger partial charge in [-0.05, 0) is 49.2 Å². The minimum atomic E-state index is -4.43. The third-order valence-electron chi connectivity index (χ3n) is 6.22. The summed E-state index contributed by atoms with van der Waals surface area (Å²) in [4.78, 5) is 35.5. The first-order valence-corrected chi connectivity index (χ1v) is 11.2. The summed E-state index contributed by atoms with van der Waals surface area (Å²) in [5, 5.41) is 0.586. The average Bonchev–Trinajstić information content (AvgIpc) is 2.83. The van der Waals surface area contributed by atoms with Gasteiger partial charge in [0.2, 0.25) is 5.91 Å². The maximum absolute atomic E-state index is 13.0. The Hall–Kier alpha value is -2.81. The zero-order valence-corrected chi connectivity index (χ0v) is 18.6. The number of nitrogens with zero attached hydrogens (tertiary/aromatic N) is 4. The summed E-state index contributed by atoms with van der Waals surface area (Å²) < 4.78 is 38.2. The molecule has 2 amide bonds. The third kappa shape index (κ3) is 5.24. The lowest BCUT2D eigenvalue weighted by atomic mass is 9.94. The molecule has 2 aliphatic heterocycles. The first-order valence-electron chi connectivity index (χ1n) is 10.8. The molecule has 4 rings (SSSR count). The molecule has 2 fully saturated rings. The fourth-order valence-corrected chi connectivity index (χ4v) is 4.56. The zero-order valence-electron chi connectivity index (χ0n) is 17.9. The van der Waals surface area contributed by atoms with Crippen LogP contribution in [0, 0.1) is 5.92 Å². The van der Waals surface area contributed by atoms with Crippen LogP contribution in [0.15, 0.2) is 42.6 Å². The fourth-order valence-electron chi connectivity index (χ4n) is 4.32. The van der Waals surface area contributed by atoms with Crippen molar-refractivity contribution in [3.63, 3.8) is 0 Å². The summed E-state index contributed by atoms with van der Waals surface area (Å²) in [5.41, 5.74) is -0.564. The molecule has 0 N–H and O–H groups in total. The van der Waals surface area contributed by atoms with Gasteiger partial charge in [0.1, 0.15) is 5.82 Å². The van der Waals surface area contributed by atoms with Crippen LogP contribution in [0.1, 0.15) is 28.8 Å². The Morgan fingerprint density at radius 3 is 2.12 bits per heavy atom. The molecule has 0 saturated carbocycles. The van der Waals surface area contributed by atoms with Crippen molar-refractivity contribution in [2.24, 2.45) is 5.92 Å². The Morgan fingerprint density at radius 2 is 1.55 bits per heavy atom. The number of rotatable bonds is 3. The SMILES string of the molecule is O=C(c1ccc(C(F)(F)F)cc1)N1CCC(C(=O)N2CCN(c3ncccc3Cl)CC2)CC1. The fraction of sp³-hybridized carbons (Fsp3) is 0.435. The van der Waals surface area contributed by atoms with Gasteiger partial charge in [0, 0.05) is 56.9 Å². The largest absolute Gasteiger partial charge is 0.416 e. The highest BCUT2D eigenvalue weighted by Gasteiger charge is 2.33. The standard InChI is InChI=1S/C23H24ClF3N4O2/c24-19-2-1-9-28-20(19)29-12-14-31(15-13-29)22(33)17-7-10-30(11-8-17)21(32)16-3-5-18(6-4-16)23(25,26)27/h1-6,9,17H,7-8,10-15H2. The number of carbonyl (C=O) groups excluding carboxylic acids is 2. The van der Waals surface area contributed by atoms with E-state index in [-0.39, 0.29) is 23.3 Å². The van der Waals surface area contributed by atoms with Crippen LogP contribution in [0.4, 0.5) is 19.0 Å². The summed E-state index contributed by atoms with van der Waals surface area (Å²) >= 11 is 6.22. The van der Waals surface area contributed by atoms with Crippen molar-refractivity contribution in [3.05, 3.63) is 58.7 Å². The molecule has 0 spiro atoms. The summed E-state index contributed by atoms with van der Waals surface area (Å²) in [7, 11) is 0. The number of piperazine rings is 1. The maximum atomic E-state index is 13.0. The molecule has 0 unspecified atom stereocenters. The van der Waals surface area contributed by atoms with E-state index in [4.69, 9.17) is 11.6 Å². The summed E-state index contributed by atoms with van der Waals surface area (Å²) in [6.07, 6.45) is -1.66. The van der Waals surface area contributed by atoms with Gasteiger partial charge in [-0.1, -0.05) is 11.6 Å². The third-order valence-corrected chi connectivity index (χ3v) is 6.52. The van der Waals surface area contributed by atoms with Gasteiger partial charge < -0.3 is 14.7 Å². The molecule has 6 nitrogen and oxygen atoms in total. The minimum Gasteiger partial charge on any atom is -0.352 e. The van der Waals surface area contributed by atoms with E-state index in [0.29, 0.717) is 57.1 Å². The van der Waals surface area contributed by atoms with Crippen LogP contribution in [0.3, 0.4) is 0 Å². The Kier molecular flexibility index (Phi) is 6.78. The molecular weight excluding hydrogens is 457 g/mol. The molecule has 1 aromatic carbocycles. The van der Waals surface area contributed by atoms with Gasteiger partial charge in [-0.2, -0.15) is 13.2 Å². The first-order chi connectivity index (χ1) is 15.7. The monoisotopic (exact) mass is 480 g/mol. The van der Waals surface area contributed by atoms with E-state index in [1.165, 1.54) is 12.1 Å². The molecular formula is C23H24ClF3N4O2. The number of carbonyl (C=O) groups is 2. The second kappa shape index (κ2) is 9.59. The lowest BCUT2D eigenvalue weighted by Crippen LogP contribution is -2.52. The summed E-state index contributed by atoms with van der Waals surface area (Å²) in [6, 6.07) is 7.81. The van der Waals surface area contributed by atoms with Gasteiger partial charge >= 0.3 is 6.18 Å². The predicted octanol–water partition coefficient (Wildman–Crippen LogP) is 3.95. The summed E-state index contributed by atoms with van der Waals surface area (Å²) in [6.45, 7) is 3.26. The van der Waals surface area contributed by atoms with Crippen LogP contribution in [-0.2, 0) is 11.0 Å². The Balaban J connectivity index is 1.28. The van der Waals surface area contributed by atoms with Crippen LogP contribution >= 0.6 is 11.6 Å². The van der Waals surface area contributed by atoms with E-state index in [2.05, 4.69) is 9.88 Å². The molecule has 0 atom stereocenters. The number of anilines is 1. The van der Waals surface area contributed by atoms with Gasteiger partial charge in [-0.15, -0.1) is 0 Å². The number of likely N-dealkylation sites (tertiary alicyclic amines) is 1. The average molecular weight is 481 g/mol.